The summed E-state index contributed by atoms with van der Waals surface area (Å²) < 4.78 is 10.9. The predicted molar refractivity (Wildman–Crippen MR) is 74.8 cm³/mol. The largest absolute Gasteiger partial charge is 0.493 e. The Bertz CT molecular complexity index is 561. The third-order valence-electron chi connectivity index (χ3n) is 2.39. The lowest BCUT2D eigenvalue weighted by atomic mass is 10.2. The summed E-state index contributed by atoms with van der Waals surface area (Å²) in [5.74, 6) is 1.69. The predicted octanol–water partition coefficient (Wildman–Crippen LogP) is 3.59. The van der Waals surface area contributed by atoms with Crippen molar-refractivity contribution in [3.63, 3.8) is 0 Å². The number of halogens is 1. The van der Waals surface area contributed by atoms with Crippen LogP contribution in [0, 0.1) is 0 Å². The highest BCUT2D eigenvalue weighted by molar-refractivity contribution is 6.29. The molecule has 0 saturated carbocycles. The molecule has 2 rings (SSSR count). The SMILES string of the molecule is CCOc1cc(Cl)nc(-c2ccccc2OCC)n1. The summed E-state index contributed by atoms with van der Waals surface area (Å²) >= 11 is 5.99. The van der Waals surface area contributed by atoms with E-state index in [1.807, 2.05) is 38.1 Å². The Morgan fingerprint density at radius 1 is 1.05 bits per heavy atom. The zero-order chi connectivity index (χ0) is 13.7. The fourth-order valence-electron chi connectivity index (χ4n) is 1.67. The molecule has 1 aromatic heterocycles. The van der Waals surface area contributed by atoms with Gasteiger partial charge in [-0.3, -0.25) is 0 Å². The second kappa shape index (κ2) is 6.38. The molecule has 0 fully saturated rings. The standard InChI is InChI=1S/C14H15ClN2O2/c1-3-18-11-8-6-5-7-10(11)14-16-12(15)9-13(17-14)19-4-2/h5-9H,3-4H2,1-2H3. The lowest BCUT2D eigenvalue weighted by molar-refractivity contribution is 0.326. The zero-order valence-corrected chi connectivity index (χ0v) is 11.6. The highest BCUT2D eigenvalue weighted by atomic mass is 35.5. The molecular formula is C14H15ClN2O2. The molecule has 0 unspecified atom stereocenters. The minimum absolute atomic E-state index is 0.347. The van der Waals surface area contributed by atoms with Crippen LogP contribution in [-0.2, 0) is 0 Å². The van der Waals surface area contributed by atoms with Gasteiger partial charge in [0.2, 0.25) is 5.88 Å². The van der Waals surface area contributed by atoms with Crippen LogP contribution in [0.5, 0.6) is 11.6 Å². The Hall–Kier alpha value is -1.81. The van der Waals surface area contributed by atoms with E-state index in [9.17, 15) is 0 Å². The first-order chi connectivity index (χ1) is 9.24. The Balaban J connectivity index is 2.46. The monoisotopic (exact) mass is 278 g/mol. The summed E-state index contributed by atoms with van der Waals surface area (Å²) in [6.45, 7) is 4.93. The molecule has 0 spiro atoms. The normalized spacial score (nSPS) is 10.3. The third kappa shape index (κ3) is 3.35. The molecular weight excluding hydrogens is 264 g/mol. The van der Waals surface area contributed by atoms with Crippen LogP contribution in [0.2, 0.25) is 5.15 Å². The second-order valence-corrected chi connectivity index (χ2v) is 4.10. The van der Waals surface area contributed by atoms with Crippen molar-refractivity contribution in [3.05, 3.63) is 35.5 Å². The van der Waals surface area contributed by atoms with Crippen molar-refractivity contribution in [2.24, 2.45) is 0 Å². The minimum atomic E-state index is 0.347. The highest BCUT2D eigenvalue weighted by Crippen LogP contribution is 2.29. The Morgan fingerprint density at radius 2 is 1.79 bits per heavy atom. The quantitative estimate of drug-likeness (QED) is 0.784. The molecule has 1 heterocycles. The van der Waals surface area contributed by atoms with Crippen LogP contribution in [0.15, 0.2) is 30.3 Å². The van der Waals surface area contributed by atoms with Gasteiger partial charge in [-0.25, -0.2) is 4.98 Å². The fraction of sp³-hybridized carbons (Fsp3) is 0.286. The molecule has 0 amide bonds. The van der Waals surface area contributed by atoms with E-state index in [4.69, 9.17) is 21.1 Å². The summed E-state index contributed by atoms with van der Waals surface area (Å²) in [6.07, 6.45) is 0. The highest BCUT2D eigenvalue weighted by Gasteiger charge is 2.11. The van der Waals surface area contributed by atoms with Gasteiger partial charge in [0.15, 0.2) is 5.82 Å². The van der Waals surface area contributed by atoms with Crippen molar-refractivity contribution in [1.29, 1.82) is 0 Å². The van der Waals surface area contributed by atoms with Crippen molar-refractivity contribution in [1.82, 2.24) is 9.97 Å². The van der Waals surface area contributed by atoms with E-state index in [1.54, 1.807) is 6.07 Å². The van der Waals surface area contributed by atoms with Gasteiger partial charge in [-0.1, -0.05) is 23.7 Å². The van der Waals surface area contributed by atoms with Crippen molar-refractivity contribution in [3.8, 4) is 23.0 Å². The Kier molecular flexibility index (Phi) is 4.58. The Labute approximate surface area is 117 Å². The van der Waals surface area contributed by atoms with Crippen LogP contribution >= 0.6 is 11.6 Å². The van der Waals surface area contributed by atoms with Gasteiger partial charge >= 0.3 is 0 Å². The van der Waals surface area contributed by atoms with Crippen molar-refractivity contribution in [2.45, 2.75) is 13.8 Å². The number of para-hydroxylation sites is 1. The summed E-state index contributed by atoms with van der Waals surface area (Å²) in [4.78, 5) is 8.56. The molecule has 0 aliphatic heterocycles. The van der Waals surface area contributed by atoms with E-state index >= 15 is 0 Å². The summed E-state index contributed by atoms with van der Waals surface area (Å²) in [5.41, 5.74) is 0.799. The van der Waals surface area contributed by atoms with Crippen molar-refractivity contribution in [2.75, 3.05) is 13.2 Å². The lowest BCUT2D eigenvalue weighted by Gasteiger charge is -2.10. The molecule has 0 N–H and O–H groups in total. The van der Waals surface area contributed by atoms with Crippen LogP contribution in [0.25, 0.3) is 11.4 Å². The van der Waals surface area contributed by atoms with Gasteiger partial charge in [0, 0.05) is 6.07 Å². The minimum Gasteiger partial charge on any atom is -0.493 e. The number of aromatic nitrogens is 2. The maximum absolute atomic E-state index is 5.99. The van der Waals surface area contributed by atoms with Gasteiger partial charge in [-0.2, -0.15) is 4.98 Å². The number of nitrogens with zero attached hydrogens (tertiary/aromatic N) is 2. The maximum atomic E-state index is 5.99. The number of benzene rings is 1. The average molecular weight is 279 g/mol. The van der Waals surface area contributed by atoms with Gasteiger partial charge < -0.3 is 9.47 Å². The smallest absolute Gasteiger partial charge is 0.218 e. The number of hydrogen-bond acceptors (Lipinski definition) is 4. The molecule has 0 bridgehead atoms. The molecule has 2 aromatic rings. The molecule has 0 saturated heterocycles. The van der Waals surface area contributed by atoms with Gasteiger partial charge in [0.05, 0.1) is 18.8 Å². The summed E-state index contributed by atoms with van der Waals surface area (Å²) in [7, 11) is 0. The van der Waals surface area contributed by atoms with E-state index in [0.717, 1.165) is 11.3 Å². The molecule has 19 heavy (non-hydrogen) atoms. The van der Waals surface area contributed by atoms with Crippen molar-refractivity contribution >= 4 is 11.6 Å². The van der Waals surface area contributed by atoms with E-state index in [0.29, 0.717) is 30.1 Å². The molecule has 4 nitrogen and oxygen atoms in total. The number of hydrogen-bond donors (Lipinski definition) is 0. The van der Waals surface area contributed by atoms with Gasteiger partial charge in [0.1, 0.15) is 10.9 Å². The molecule has 0 atom stereocenters. The van der Waals surface area contributed by atoms with Crippen molar-refractivity contribution < 1.29 is 9.47 Å². The van der Waals surface area contributed by atoms with Crippen LogP contribution in [0.4, 0.5) is 0 Å². The molecule has 100 valence electrons. The summed E-state index contributed by atoms with van der Waals surface area (Å²) in [5, 5.41) is 0.347. The van der Waals surface area contributed by atoms with Crippen LogP contribution in [-0.4, -0.2) is 23.2 Å². The van der Waals surface area contributed by atoms with E-state index < -0.39 is 0 Å². The van der Waals surface area contributed by atoms with E-state index in [2.05, 4.69) is 9.97 Å². The van der Waals surface area contributed by atoms with Crippen LogP contribution < -0.4 is 9.47 Å². The molecule has 0 radical (unpaired) electrons. The topological polar surface area (TPSA) is 44.2 Å². The first kappa shape index (κ1) is 13.6. The molecule has 0 aliphatic rings. The molecule has 0 aliphatic carbocycles. The van der Waals surface area contributed by atoms with Gasteiger partial charge in [0.25, 0.3) is 0 Å². The third-order valence-corrected chi connectivity index (χ3v) is 2.59. The van der Waals surface area contributed by atoms with Crippen LogP contribution in [0.3, 0.4) is 0 Å². The zero-order valence-electron chi connectivity index (χ0n) is 10.9. The van der Waals surface area contributed by atoms with Gasteiger partial charge in [-0.05, 0) is 26.0 Å². The number of ether oxygens (including phenoxy) is 2. The number of rotatable bonds is 5. The molecule has 1 aromatic carbocycles. The van der Waals surface area contributed by atoms with E-state index in [-0.39, 0.29) is 0 Å². The lowest BCUT2D eigenvalue weighted by Crippen LogP contribution is -2.00. The molecule has 5 heteroatoms. The fourth-order valence-corrected chi connectivity index (χ4v) is 1.85. The van der Waals surface area contributed by atoms with E-state index in [1.165, 1.54) is 0 Å². The Morgan fingerprint density at radius 3 is 2.53 bits per heavy atom. The van der Waals surface area contributed by atoms with Crippen LogP contribution in [0.1, 0.15) is 13.8 Å². The first-order valence-electron chi connectivity index (χ1n) is 6.14. The second-order valence-electron chi connectivity index (χ2n) is 3.71. The summed E-state index contributed by atoms with van der Waals surface area (Å²) in [6, 6.07) is 9.18. The maximum Gasteiger partial charge on any atom is 0.218 e. The first-order valence-corrected chi connectivity index (χ1v) is 6.52. The van der Waals surface area contributed by atoms with Gasteiger partial charge in [-0.15, -0.1) is 0 Å². The average Bonchev–Trinajstić information content (AvgIpc) is 2.39.